The lowest BCUT2D eigenvalue weighted by atomic mass is 9.49. The molecule has 4 aliphatic rings. The van der Waals surface area contributed by atoms with E-state index in [2.05, 4.69) is 11.9 Å². The number of hydrogen-bond acceptors (Lipinski definition) is 4. The highest BCUT2D eigenvalue weighted by Crippen LogP contribution is 2.64. The normalized spacial score (nSPS) is 43.2. The molecule has 0 aliphatic heterocycles. The molecule has 1 aromatic heterocycles. The largest absolute Gasteiger partial charge is 0.387 e. The maximum atomic E-state index is 13.3. The second-order valence-electron chi connectivity index (χ2n) is 11.7. The molecular weight excluding hydrogens is 398 g/mol. The number of aliphatic hydroxyl groups is 1. The summed E-state index contributed by atoms with van der Waals surface area (Å²) in [5.41, 5.74) is 0.480. The maximum absolute atomic E-state index is 13.3. The fourth-order valence-corrected chi connectivity index (χ4v) is 8.72. The third kappa shape index (κ3) is 3.96. The number of ether oxygens (including phenoxy) is 1. The third-order valence-corrected chi connectivity index (χ3v) is 10.1. The van der Waals surface area contributed by atoms with E-state index in [0.29, 0.717) is 37.3 Å². The van der Waals surface area contributed by atoms with E-state index in [1.54, 1.807) is 6.20 Å². The molecule has 4 fully saturated rings. The summed E-state index contributed by atoms with van der Waals surface area (Å²) < 4.78 is 5.62. The fraction of sp³-hybridized carbons (Fsp3) is 0.786. The Bertz CT molecular complexity index is 812. The van der Waals surface area contributed by atoms with E-state index in [-0.39, 0.29) is 11.3 Å². The summed E-state index contributed by atoms with van der Waals surface area (Å²) in [6.07, 6.45) is 12.6. The van der Waals surface area contributed by atoms with Crippen molar-refractivity contribution in [2.45, 2.75) is 83.7 Å². The molecule has 32 heavy (non-hydrogen) atoms. The first-order valence-electron chi connectivity index (χ1n) is 13.2. The lowest BCUT2D eigenvalue weighted by Crippen LogP contribution is -2.52. The molecule has 0 unspecified atom stereocenters. The fourth-order valence-electron chi connectivity index (χ4n) is 8.72. The van der Waals surface area contributed by atoms with Gasteiger partial charge in [-0.2, -0.15) is 0 Å². The van der Waals surface area contributed by atoms with Gasteiger partial charge >= 0.3 is 0 Å². The number of hydrogen-bond donors (Lipinski definition) is 1. The van der Waals surface area contributed by atoms with Crippen molar-refractivity contribution >= 4 is 5.78 Å². The summed E-state index contributed by atoms with van der Waals surface area (Å²) in [6, 6.07) is 5.89. The predicted octanol–water partition coefficient (Wildman–Crippen LogP) is 5.23. The zero-order chi connectivity index (χ0) is 22.3. The van der Waals surface area contributed by atoms with Crippen molar-refractivity contribution in [1.29, 1.82) is 0 Å². The number of pyridine rings is 1. The highest BCUT2D eigenvalue weighted by Gasteiger charge is 2.58. The molecule has 4 heteroatoms. The van der Waals surface area contributed by atoms with Crippen molar-refractivity contribution in [3.8, 4) is 0 Å². The van der Waals surface area contributed by atoms with Crippen molar-refractivity contribution in [1.82, 2.24) is 4.98 Å². The van der Waals surface area contributed by atoms with E-state index >= 15 is 0 Å². The van der Waals surface area contributed by atoms with E-state index in [0.717, 1.165) is 49.1 Å². The first-order chi connectivity index (χ1) is 15.4. The minimum absolute atomic E-state index is 0.171. The van der Waals surface area contributed by atoms with E-state index in [1.807, 2.05) is 25.1 Å². The van der Waals surface area contributed by atoms with Crippen molar-refractivity contribution in [3.05, 3.63) is 30.1 Å². The summed E-state index contributed by atoms with van der Waals surface area (Å²) in [4.78, 5) is 17.7. The second kappa shape index (κ2) is 8.83. The van der Waals surface area contributed by atoms with Crippen molar-refractivity contribution < 1.29 is 14.6 Å². The number of carbonyl (C=O) groups excluding carboxylic acids is 1. The lowest BCUT2D eigenvalue weighted by molar-refractivity contribution is -0.137. The van der Waals surface area contributed by atoms with Gasteiger partial charge in [-0.15, -0.1) is 0 Å². The van der Waals surface area contributed by atoms with Crippen LogP contribution < -0.4 is 0 Å². The monoisotopic (exact) mass is 439 g/mol. The number of aromatic nitrogens is 1. The Balaban J connectivity index is 1.27. The Morgan fingerprint density at radius 2 is 1.94 bits per heavy atom. The van der Waals surface area contributed by atoms with Gasteiger partial charge in [-0.1, -0.05) is 13.0 Å². The molecule has 1 aromatic rings. The summed E-state index contributed by atoms with van der Waals surface area (Å²) in [5.74, 6) is 4.32. The average Bonchev–Trinajstić information content (AvgIpc) is 3.15. The number of ketones is 1. The summed E-state index contributed by atoms with van der Waals surface area (Å²) >= 11 is 0. The summed E-state index contributed by atoms with van der Waals surface area (Å²) in [7, 11) is 0. The molecule has 0 bridgehead atoms. The highest BCUT2D eigenvalue weighted by atomic mass is 16.5. The predicted molar refractivity (Wildman–Crippen MR) is 125 cm³/mol. The minimum atomic E-state index is -0.608. The van der Waals surface area contributed by atoms with Crippen LogP contribution in [0.15, 0.2) is 24.4 Å². The molecule has 4 nitrogen and oxygen atoms in total. The molecule has 4 saturated carbocycles. The number of fused-ring (bicyclic) bond motifs is 5. The Hall–Kier alpha value is -1.26. The van der Waals surface area contributed by atoms with Crippen molar-refractivity contribution in [3.63, 3.8) is 0 Å². The van der Waals surface area contributed by atoms with Gasteiger partial charge in [-0.3, -0.25) is 9.78 Å². The van der Waals surface area contributed by atoms with Crippen LogP contribution in [0.3, 0.4) is 0 Å². The Labute approximate surface area is 193 Å². The molecule has 0 saturated heterocycles. The van der Waals surface area contributed by atoms with Crippen molar-refractivity contribution in [2.24, 2.45) is 40.9 Å². The summed E-state index contributed by atoms with van der Waals surface area (Å²) in [5, 5.41) is 11.1. The molecule has 176 valence electrons. The smallest absolute Gasteiger partial charge is 0.142 e. The number of carbonyl (C=O) groups is 1. The van der Waals surface area contributed by atoms with Crippen LogP contribution in [0.5, 0.6) is 0 Å². The topological polar surface area (TPSA) is 59.4 Å². The van der Waals surface area contributed by atoms with Crippen LogP contribution in [0.4, 0.5) is 0 Å². The van der Waals surface area contributed by atoms with Gasteiger partial charge in [-0.05, 0) is 112 Å². The van der Waals surface area contributed by atoms with Crippen LogP contribution in [0, 0.1) is 40.9 Å². The molecule has 4 aliphatic carbocycles. The van der Waals surface area contributed by atoms with Gasteiger partial charge in [-0.25, -0.2) is 0 Å². The molecule has 0 spiro atoms. The van der Waals surface area contributed by atoms with Gasteiger partial charge < -0.3 is 9.84 Å². The van der Waals surface area contributed by atoms with Gasteiger partial charge in [0, 0.05) is 30.8 Å². The molecule has 1 heterocycles. The van der Waals surface area contributed by atoms with E-state index in [1.165, 1.54) is 32.1 Å². The number of rotatable bonds is 6. The first-order valence-corrected chi connectivity index (χ1v) is 13.2. The molecule has 1 N–H and O–H groups in total. The molecule has 8 atom stereocenters. The Kier molecular flexibility index (Phi) is 6.22. The van der Waals surface area contributed by atoms with E-state index in [4.69, 9.17) is 4.74 Å². The van der Waals surface area contributed by atoms with E-state index in [9.17, 15) is 9.90 Å². The molecule has 0 aromatic carbocycles. The number of Topliss-reactive ketones (excluding diaryl/α,β-unsaturated/α-hetero) is 1. The van der Waals surface area contributed by atoms with Crippen LogP contribution in [-0.4, -0.2) is 34.7 Å². The van der Waals surface area contributed by atoms with Gasteiger partial charge in [0.15, 0.2) is 0 Å². The molecular formula is C28H41NO3. The van der Waals surface area contributed by atoms with Gasteiger partial charge in [0.2, 0.25) is 0 Å². The highest BCUT2D eigenvalue weighted by molar-refractivity contribution is 5.84. The standard InChI is InChI=1S/C28H41NO3/c1-3-32-18-28(31)14-12-21-19(17-28)7-8-23-22(21)11-13-27(2)24(23)9-10-25(27)26(30)16-20-6-4-5-15-29-20/h4-6,15,19,21-25,31H,3,7-14,16-18H2,1-2H3/t19-,21+,22-,23-,24+,25-,27+,28-/m1/s1. The average molecular weight is 440 g/mol. The van der Waals surface area contributed by atoms with Crippen LogP contribution >= 0.6 is 0 Å². The minimum Gasteiger partial charge on any atom is -0.387 e. The van der Waals surface area contributed by atoms with Crippen LogP contribution in [0.1, 0.15) is 77.3 Å². The third-order valence-electron chi connectivity index (χ3n) is 10.1. The van der Waals surface area contributed by atoms with Crippen LogP contribution in [0.2, 0.25) is 0 Å². The lowest BCUT2D eigenvalue weighted by Gasteiger charge is -2.57. The molecule has 0 amide bonds. The van der Waals surface area contributed by atoms with Crippen LogP contribution in [0.25, 0.3) is 0 Å². The van der Waals surface area contributed by atoms with Crippen molar-refractivity contribution in [2.75, 3.05) is 13.2 Å². The summed E-state index contributed by atoms with van der Waals surface area (Å²) in [6.45, 7) is 5.63. The van der Waals surface area contributed by atoms with E-state index < -0.39 is 5.60 Å². The SMILES string of the molecule is CCOC[C@@]1(O)CC[C@H]2[C@H](CC[C@@H]3[C@@H]2CC[C@]2(C)[C@@H](C(=O)Cc4ccccn4)CC[C@@H]32)C1. The quantitative estimate of drug-likeness (QED) is 0.659. The zero-order valence-corrected chi connectivity index (χ0v) is 20.0. The Morgan fingerprint density at radius 1 is 1.09 bits per heavy atom. The maximum Gasteiger partial charge on any atom is 0.142 e. The number of nitrogens with zero attached hydrogens (tertiary/aromatic N) is 1. The molecule has 5 rings (SSSR count). The Morgan fingerprint density at radius 3 is 2.72 bits per heavy atom. The first kappa shape index (κ1) is 22.5. The van der Waals surface area contributed by atoms with Gasteiger partial charge in [0.05, 0.1) is 12.2 Å². The molecule has 0 radical (unpaired) electrons. The van der Waals surface area contributed by atoms with Crippen LogP contribution in [-0.2, 0) is 16.0 Å². The van der Waals surface area contributed by atoms with Gasteiger partial charge in [0.1, 0.15) is 5.78 Å². The second-order valence-corrected chi connectivity index (χ2v) is 11.7. The van der Waals surface area contributed by atoms with Gasteiger partial charge in [0.25, 0.3) is 0 Å². The zero-order valence-electron chi connectivity index (χ0n) is 20.0.